The first kappa shape index (κ1) is 24.7. The monoisotopic (exact) mass is 585 g/mol. The van der Waals surface area contributed by atoms with Gasteiger partial charge in [-0.2, -0.15) is 0 Å². The summed E-state index contributed by atoms with van der Waals surface area (Å²) in [7, 11) is 0. The summed E-state index contributed by atoms with van der Waals surface area (Å²) in [5.41, 5.74) is 5.17. The van der Waals surface area contributed by atoms with E-state index in [9.17, 15) is 0 Å². The molecule has 3 nitrogen and oxygen atoms in total. The Balaban J connectivity index is 1.40. The zero-order chi connectivity index (χ0) is 28.5. The van der Waals surface area contributed by atoms with Gasteiger partial charge in [0.2, 0.25) is 0 Å². The molecule has 43 heavy (non-hydrogen) atoms. The second-order valence-corrected chi connectivity index (χ2v) is 15.4. The average molecular weight is 586 g/mol. The molecule has 0 amide bonds. The van der Waals surface area contributed by atoms with Crippen molar-refractivity contribution in [3.05, 3.63) is 146 Å². The number of pyridine rings is 2. The van der Waals surface area contributed by atoms with E-state index in [0.717, 1.165) is 54.4 Å². The number of para-hydroxylation sites is 4. The molecule has 202 valence electrons. The summed E-state index contributed by atoms with van der Waals surface area (Å²) in [4.78, 5) is 10.1. The van der Waals surface area contributed by atoms with Crippen LogP contribution in [-0.4, -0.2) is 14.4 Å². The normalized spacial score (nSPS) is 13.4. The van der Waals surface area contributed by atoms with Crippen molar-refractivity contribution < 1.29 is 0 Å². The molecule has 0 aliphatic carbocycles. The molecule has 1 atom stereocenters. The molecule has 0 saturated heterocycles. The maximum absolute atomic E-state index is 6.92. The molecule has 3 aromatic heterocycles. The average Bonchev–Trinajstić information content (AvgIpc) is 3.47. The smallest absolute Gasteiger partial charge is 0.146 e. The van der Waals surface area contributed by atoms with E-state index in [1.54, 1.807) is 0 Å². The lowest BCUT2D eigenvalue weighted by Gasteiger charge is -2.25. The molecular weight excluding hydrogens is 561 g/mol. The lowest BCUT2D eigenvalue weighted by atomic mass is 10.1. The summed E-state index contributed by atoms with van der Waals surface area (Å²) in [6.45, 7) is 0. The molecule has 0 spiro atoms. The first-order valence-electron chi connectivity index (χ1n) is 14.4. The van der Waals surface area contributed by atoms with Gasteiger partial charge >= 0.3 is 0 Å². The van der Waals surface area contributed by atoms with Crippen molar-refractivity contribution in [2.24, 2.45) is 0 Å². The van der Waals surface area contributed by atoms with Crippen LogP contribution in [0.25, 0.3) is 60.0 Å². The molecule has 9 rings (SSSR count). The molecule has 0 radical (unpaired) electrons. The molecule has 0 aliphatic rings. The summed E-state index contributed by atoms with van der Waals surface area (Å²) < 4.78 is 2.30. The fraction of sp³-hybridized carbons (Fsp3) is 0. The van der Waals surface area contributed by atoms with Crippen molar-refractivity contribution in [1.29, 1.82) is 0 Å². The van der Waals surface area contributed by atoms with Crippen LogP contribution in [0.5, 0.6) is 0 Å². The highest BCUT2D eigenvalue weighted by Crippen LogP contribution is 2.45. The van der Waals surface area contributed by atoms with Gasteiger partial charge in [0.15, 0.2) is 0 Å². The first-order chi connectivity index (χ1) is 21.2. The van der Waals surface area contributed by atoms with Gasteiger partial charge in [0.25, 0.3) is 0 Å². The van der Waals surface area contributed by atoms with Gasteiger partial charge in [-0.25, -0.2) is 4.98 Å². The van der Waals surface area contributed by atoms with Crippen molar-refractivity contribution in [2.45, 2.75) is 0 Å². The van der Waals surface area contributed by atoms with Crippen molar-refractivity contribution in [3.8, 4) is 0 Å². The SMILES string of the molecule is S=P(c1ccc2ccccc2c1)(c1cnc2ccccc2c1)c1ccc2c3ccccc3n3c4ccccc4nc3c2c1. The van der Waals surface area contributed by atoms with Gasteiger partial charge in [-0.3, -0.25) is 9.38 Å². The van der Waals surface area contributed by atoms with Crippen LogP contribution in [0.1, 0.15) is 0 Å². The lowest BCUT2D eigenvalue weighted by Crippen LogP contribution is -2.25. The molecule has 9 aromatic rings. The Labute approximate surface area is 253 Å². The van der Waals surface area contributed by atoms with Crippen LogP contribution in [-0.2, 0) is 11.8 Å². The maximum atomic E-state index is 6.92. The summed E-state index contributed by atoms with van der Waals surface area (Å²) in [6, 6.07) is 47.0. The van der Waals surface area contributed by atoms with E-state index in [4.69, 9.17) is 21.8 Å². The number of hydrogen-bond acceptors (Lipinski definition) is 3. The van der Waals surface area contributed by atoms with Gasteiger partial charge in [-0.15, -0.1) is 0 Å². The number of nitrogens with zero attached hydrogens (tertiary/aromatic N) is 3. The minimum atomic E-state index is -2.53. The van der Waals surface area contributed by atoms with Crippen LogP contribution >= 0.6 is 6.04 Å². The second-order valence-electron chi connectivity index (χ2n) is 11.0. The van der Waals surface area contributed by atoms with Crippen LogP contribution in [0.3, 0.4) is 0 Å². The summed E-state index contributed by atoms with van der Waals surface area (Å²) in [6.07, 6.45) is 2.00. The van der Waals surface area contributed by atoms with Crippen LogP contribution in [0, 0.1) is 0 Å². The third-order valence-corrected chi connectivity index (χ3v) is 13.5. The molecule has 3 heterocycles. The molecule has 0 bridgehead atoms. The number of hydrogen-bond donors (Lipinski definition) is 0. The summed E-state index contributed by atoms with van der Waals surface area (Å²) in [5.74, 6) is 0. The van der Waals surface area contributed by atoms with Crippen LogP contribution in [0.15, 0.2) is 146 Å². The minimum absolute atomic E-state index is 0.952. The number of rotatable bonds is 3. The molecule has 0 aliphatic heterocycles. The fourth-order valence-corrected chi connectivity index (χ4v) is 10.2. The van der Waals surface area contributed by atoms with Gasteiger partial charge in [0.05, 0.1) is 22.1 Å². The standard InChI is InChI=1S/C38H24N3PS/c43-42(28-18-17-25-9-1-2-10-26(25)21-28,30-22-27-11-3-5-13-34(27)39-24-30)29-19-20-31-32-12-4-7-15-36(32)41-37-16-8-6-14-35(37)40-38(41)33(31)23-29/h1-24H. The Morgan fingerprint density at radius 3 is 2.02 bits per heavy atom. The van der Waals surface area contributed by atoms with Crippen molar-refractivity contribution >= 4 is 93.8 Å². The molecule has 1 unspecified atom stereocenters. The van der Waals surface area contributed by atoms with Crippen molar-refractivity contribution in [2.75, 3.05) is 0 Å². The number of imidazole rings is 1. The molecule has 0 fully saturated rings. The molecule has 0 saturated carbocycles. The largest absolute Gasteiger partial charge is 0.292 e. The topological polar surface area (TPSA) is 30.2 Å². The second kappa shape index (κ2) is 9.31. The van der Waals surface area contributed by atoms with Crippen LogP contribution in [0.4, 0.5) is 0 Å². The van der Waals surface area contributed by atoms with Gasteiger partial charge in [-0.05, 0) is 69.2 Å². The van der Waals surface area contributed by atoms with Gasteiger partial charge in [0, 0.05) is 33.7 Å². The Kier molecular flexibility index (Phi) is 5.34. The van der Waals surface area contributed by atoms with Gasteiger partial charge in [-0.1, -0.05) is 109 Å². The van der Waals surface area contributed by atoms with E-state index in [1.807, 2.05) is 12.3 Å². The highest BCUT2D eigenvalue weighted by atomic mass is 32.4. The Morgan fingerprint density at radius 2 is 1.14 bits per heavy atom. The van der Waals surface area contributed by atoms with E-state index in [1.165, 1.54) is 21.5 Å². The third-order valence-electron chi connectivity index (χ3n) is 8.64. The Bertz CT molecular complexity index is 2540. The first-order valence-corrected chi connectivity index (χ1v) is 17.2. The molecular formula is C38H24N3PS. The summed E-state index contributed by atoms with van der Waals surface area (Å²) >= 11 is 6.92. The lowest BCUT2D eigenvalue weighted by molar-refractivity contribution is 1.32. The van der Waals surface area contributed by atoms with E-state index >= 15 is 0 Å². The zero-order valence-electron chi connectivity index (χ0n) is 23.1. The number of aromatic nitrogens is 3. The van der Waals surface area contributed by atoms with Gasteiger partial charge < -0.3 is 0 Å². The van der Waals surface area contributed by atoms with E-state index in [2.05, 4.69) is 138 Å². The summed E-state index contributed by atoms with van der Waals surface area (Å²) in [5, 5.41) is 10.4. The van der Waals surface area contributed by atoms with Gasteiger partial charge in [0.1, 0.15) is 5.65 Å². The number of fused-ring (bicyclic) bond motifs is 10. The minimum Gasteiger partial charge on any atom is -0.292 e. The van der Waals surface area contributed by atoms with E-state index in [-0.39, 0.29) is 0 Å². The van der Waals surface area contributed by atoms with E-state index in [0.29, 0.717) is 0 Å². The van der Waals surface area contributed by atoms with Crippen molar-refractivity contribution in [3.63, 3.8) is 0 Å². The van der Waals surface area contributed by atoms with Crippen LogP contribution < -0.4 is 15.9 Å². The third kappa shape index (κ3) is 3.64. The zero-order valence-corrected chi connectivity index (χ0v) is 24.8. The Hall–Kier alpha value is -4.89. The number of benzene rings is 6. The molecule has 0 N–H and O–H groups in total. The molecule has 5 heteroatoms. The predicted molar refractivity (Wildman–Crippen MR) is 187 cm³/mol. The fourth-order valence-electron chi connectivity index (χ4n) is 6.55. The van der Waals surface area contributed by atoms with Crippen molar-refractivity contribution in [1.82, 2.24) is 14.4 Å². The highest BCUT2D eigenvalue weighted by molar-refractivity contribution is 8.25. The highest BCUT2D eigenvalue weighted by Gasteiger charge is 2.27. The molecule has 6 aromatic carbocycles. The Morgan fingerprint density at radius 1 is 0.488 bits per heavy atom. The predicted octanol–water partition coefficient (Wildman–Crippen LogP) is 8.25. The van der Waals surface area contributed by atoms with Crippen LogP contribution in [0.2, 0.25) is 0 Å². The maximum Gasteiger partial charge on any atom is 0.146 e. The van der Waals surface area contributed by atoms with E-state index < -0.39 is 6.04 Å². The quantitative estimate of drug-likeness (QED) is 0.155.